The van der Waals surface area contributed by atoms with Crippen molar-refractivity contribution in [3.63, 3.8) is 0 Å². The van der Waals surface area contributed by atoms with E-state index in [9.17, 15) is 4.79 Å². The molecule has 20 heavy (non-hydrogen) atoms. The van der Waals surface area contributed by atoms with Gasteiger partial charge in [0, 0.05) is 26.2 Å². The van der Waals surface area contributed by atoms with Crippen molar-refractivity contribution in [3.8, 4) is 0 Å². The maximum Gasteiger partial charge on any atom is 0.233 e. The molecule has 1 aliphatic carbocycles. The van der Waals surface area contributed by atoms with E-state index >= 15 is 0 Å². The lowest BCUT2D eigenvalue weighted by Gasteiger charge is -2.29. The number of hydrogen-bond acceptors (Lipinski definition) is 5. The van der Waals surface area contributed by atoms with E-state index in [0.29, 0.717) is 19.4 Å². The first kappa shape index (κ1) is 15.1. The number of carbonyl (C=O) groups is 1. The summed E-state index contributed by atoms with van der Waals surface area (Å²) in [6.45, 7) is 4.70. The van der Waals surface area contributed by atoms with Crippen LogP contribution in [0.5, 0.6) is 0 Å². The minimum Gasteiger partial charge on any atom is -0.409 e. The number of ether oxygens (including phenoxy) is 1. The summed E-state index contributed by atoms with van der Waals surface area (Å²) < 4.78 is 5.28. The molecule has 1 saturated heterocycles. The van der Waals surface area contributed by atoms with Crippen molar-refractivity contribution in [2.24, 2.45) is 16.3 Å². The molecule has 7 nitrogen and oxygen atoms in total. The summed E-state index contributed by atoms with van der Waals surface area (Å²) in [5, 5.41) is 14.9. The van der Waals surface area contributed by atoms with E-state index in [1.54, 1.807) is 0 Å². The number of carbonyl (C=O) groups excluding carboxylic acids is 1. The second-order valence-corrected chi connectivity index (χ2v) is 5.48. The van der Waals surface area contributed by atoms with Crippen molar-refractivity contribution in [2.75, 3.05) is 39.4 Å². The zero-order valence-corrected chi connectivity index (χ0v) is 11.8. The topological polar surface area (TPSA) is 100 Å². The van der Waals surface area contributed by atoms with Crippen LogP contribution in [0.3, 0.4) is 0 Å². The van der Waals surface area contributed by atoms with Gasteiger partial charge >= 0.3 is 0 Å². The fraction of sp³-hybridized carbons (Fsp3) is 0.846. The quantitative estimate of drug-likeness (QED) is 0.279. The molecule has 0 bridgehead atoms. The third-order valence-corrected chi connectivity index (χ3v) is 4.31. The van der Waals surface area contributed by atoms with E-state index in [1.165, 1.54) is 0 Å². The zero-order chi connectivity index (χ0) is 14.4. The van der Waals surface area contributed by atoms with Crippen LogP contribution in [-0.4, -0.2) is 61.2 Å². The lowest BCUT2D eigenvalue weighted by Crippen LogP contribution is -2.50. The molecule has 4 N–H and O–H groups in total. The highest BCUT2D eigenvalue weighted by Crippen LogP contribution is 2.38. The van der Waals surface area contributed by atoms with Gasteiger partial charge in [0.2, 0.25) is 5.91 Å². The van der Waals surface area contributed by atoms with Crippen molar-refractivity contribution in [2.45, 2.75) is 25.7 Å². The van der Waals surface area contributed by atoms with Crippen LogP contribution in [0.15, 0.2) is 5.16 Å². The summed E-state index contributed by atoms with van der Waals surface area (Å²) in [6.07, 6.45) is 3.19. The molecule has 1 saturated carbocycles. The minimum atomic E-state index is -0.806. The number of hydrogen-bond donors (Lipinski definition) is 3. The summed E-state index contributed by atoms with van der Waals surface area (Å²) in [5.41, 5.74) is 4.94. The molecule has 0 aromatic carbocycles. The van der Waals surface area contributed by atoms with Gasteiger partial charge in [0.25, 0.3) is 0 Å². The van der Waals surface area contributed by atoms with E-state index in [1.807, 2.05) is 0 Å². The van der Waals surface area contributed by atoms with Gasteiger partial charge in [-0.05, 0) is 12.8 Å². The van der Waals surface area contributed by atoms with Crippen molar-refractivity contribution >= 4 is 11.7 Å². The molecule has 0 aromatic heterocycles. The maximum absolute atomic E-state index is 12.4. The number of rotatable bonds is 5. The molecule has 0 atom stereocenters. The number of amidine groups is 1. The number of amides is 1. The van der Waals surface area contributed by atoms with E-state index in [0.717, 1.165) is 45.7 Å². The highest BCUT2D eigenvalue weighted by Gasteiger charge is 2.45. The van der Waals surface area contributed by atoms with Crippen LogP contribution in [0.1, 0.15) is 25.7 Å². The van der Waals surface area contributed by atoms with Gasteiger partial charge in [-0.3, -0.25) is 9.69 Å². The van der Waals surface area contributed by atoms with Gasteiger partial charge in [-0.1, -0.05) is 18.0 Å². The minimum absolute atomic E-state index is 0.0406. The van der Waals surface area contributed by atoms with Crippen molar-refractivity contribution in [1.82, 2.24) is 10.2 Å². The van der Waals surface area contributed by atoms with Gasteiger partial charge in [-0.2, -0.15) is 0 Å². The molecular formula is C13H24N4O3. The molecule has 7 heteroatoms. The Morgan fingerprint density at radius 1 is 1.35 bits per heavy atom. The second-order valence-electron chi connectivity index (χ2n) is 5.48. The molecule has 2 fully saturated rings. The van der Waals surface area contributed by atoms with Gasteiger partial charge in [0.1, 0.15) is 5.41 Å². The largest absolute Gasteiger partial charge is 0.409 e. The Morgan fingerprint density at radius 2 is 2.00 bits per heavy atom. The second kappa shape index (κ2) is 6.90. The first-order valence-corrected chi connectivity index (χ1v) is 7.25. The van der Waals surface area contributed by atoms with Gasteiger partial charge in [0.05, 0.1) is 13.2 Å². The third kappa shape index (κ3) is 3.21. The molecule has 0 radical (unpaired) electrons. The van der Waals surface area contributed by atoms with Gasteiger partial charge in [0.15, 0.2) is 5.84 Å². The Labute approximate surface area is 119 Å². The number of morpholine rings is 1. The molecular weight excluding hydrogens is 260 g/mol. The average molecular weight is 284 g/mol. The molecule has 1 heterocycles. The summed E-state index contributed by atoms with van der Waals surface area (Å²) in [5.74, 6) is -0.0718. The van der Waals surface area contributed by atoms with Gasteiger partial charge in [-0.15, -0.1) is 0 Å². The summed E-state index contributed by atoms with van der Waals surface area (Å²) in [7, 11) is 0. The Hall–Kier alpha value is -1.34. The monoisotopic (exact) mass is 284 g/mol. The lowest BCUT2D eigenvalue weighted by atomic mass is 9.84. The Morgan fingerprint density at radius 3 is 2.60 bits per heavy atom. The maximum atomic E-state index is 12.4. The van der Waals surface area contributed by atoms with Crippen LogP contribution in [0.4, 0.5) is 0 Å². The SMILES string of the molecule is NC(=NO)C1(C(=O)NCCN2CCOCC2)CCCC1. The van der Waals surface area contributed by atoms with Crippen LogP contribution >= 0.6 is 0 Å². The van der Waals surface area contributed by atoms with Crippen LogP contribution < -0.4 is 11.1 Å². The van der Waals surface area contributed by atoms with Crippen LogP contribution in [0.25, 0.3) is 0 Å². The van der Waals surface area contributed by atoms with E-state index in [-0.39, 0.29) is 11.7 Å². The van der Waals surface area contributed by atoms with Crippen molar-refractivity contribution < 1.29 is 14.7 Å². The third-order valence-electron chi connectivity index (χ3n) is 4.31. The van der Waals surface area contributed by atoms with Crippen LogP contribution in [0, 0.1) is 5.41 Å². The smallest absolute Gasteiger partial charge is 0.233 e. The number of nitrogens with two attached hydrogens (primary N) is 1. The summed E-state index contributed by atoms with van der Waals surface area (Å²) >= 11 is 0. The van der Waals surface area contributed by atoms with Crippen molar-refractivity contribution in [1.29, 1.82) is 0 Å². The molecule has 2 aliphatic rings. The average Bonchev–Trinajstić information content (AvgIpc) is 2.98. The normalized spacial score (nSPS) is 23.7. The molecule has 1 amide bonds. The van der Waals surface area contributed by atoms with E-state index in [4.69, 9.17) is 15.7 Å². The van der Waals surface area contributed by atoms with Gasteiger partial charge < -0.3 is 21.0 Å². The van der Waals surface area contributed by atoms with E-state index in [2.05, 4.69) is 15.4 Å². The van der Waals surface area contributed by atoms with Crippen LogP contribution in [-0.2, 0) is 9.53 Å². The predicted molar refractivity (Wildman–Crippen MR) is 74.6 cm³/mol. The summed E-state index contributed by atoms with van der Waals surface area (Å²) in [6, 6.07) is 0. The summed E-state index contributed by atoms with van der Waals surface area (Å²) in [4.78, 5) is 14.6. The predicted octanol–water partition coefficient (Wildman–Crippen LogP) is -0.258. The zero-order valence-electron chi connectivity index (χ0n) is 11.8. The number of nitrogens with zero attached hydrogens (tertiary/aromatic N) is 2. The number of nitrogens with one attached hydrogen (secondary N) is 1. The molecule has 2 rings (SSSR count). The Kier molecular flexibility index (Phi) is 5.19. The van der Waals surface area contributed by atoms with Gasteiger partial charge in [-0.25, -0.2) is 0 Å². The molecule has 0 aromatic rings. The molecule has 1 aliphatic heterocycles. The van der Waals surface area contributed by atoms with Crippen LogP contribution in [0.2, 0.25) is 0 Å². The first-order valence-electron chi connectivity index (χ1n) is 7.25. The highest BCUT2D eigenvalue weighted by atomic mass is 16.5. The molecule has 114 valence electrons. The number of oxime groups is 1. The molecule has 0 unspecified atom stereocenters. The fourth-order valence-electron chi connectivity index (χ4n) is 3.00. The first-order chi connectivity index (χ1) is 9.69. The van der Waals surface area contributed by atoms with E-state index < -0.39 is 5.41 Å². The highest BCUT2D eigenvalue weighted by molar-refractivity contribution is 6.07. The lowest BCUT2D eigenvalue weighted by molar-refractivity contribution is -0.127. The fourth-order valence-corrected chi connectivity index (χ4v) is 3.00. The standard InChI is InChI=1S/C13H24N4O3/c14-11(16-19)13(3-1-2-4-13)12(18)15-5-6-17-7-9-20-10-8-17/h19H,1-10H2,(H2,14,16)(H,15,18). The Balaban J connectivity index is 1.83. The Bertz CT molecular complexity index is 361. The van der Waals surface area contributed by atoms with Crippen molar-refractivity contribution in [3.05, 3.63) is 0 Å². The molecule has 0 spiro atoms.